The molecule has 1 aromatic rings. The Morgan fingerprint density at radius 1 is 1.50 bits per heavy atom. The molecule has 110 valence electrons. The lowest BCUT2D eigenvalue weighted by atomic mass is 10.1. The van der Waals surface area contributed by atoms with Crippen LogP contribution in [0.4, 0.5) is 0 Å². The molecule has 0 aliphatic carbocycles. The van der Waals surface area contributed by atoms with Gasteiger partial charge >= 0.3 is 5.97 Å². The number of carboxylic acids is 1. The number of carbonyl (C=O) groups is 2. The summed E-state index contributed by atoms with van der Waals surface area (Å²) in [6.45, 7) is 5.05. The number of rotatable bonds is 4. The van der Waals surface area contributed by atoms with E-state index in [4.69, 9.17) is 14.3 Å². The van der Waals surface area contributed by atoms with Gasteiger partial charge in [-0.05, 0) is 6.07 Å². The zero-order chi connectivity index (χ0) is 14.7. The van der Waals surface area contributed by atoms with Crippen LogP contribution in [0.15, 0.2) is 16.7 Å². The first kappa shape index (κ1) is 14.6. The van der Waals surface area contributed by atoms with Crippen molar-refractivity contribution < 1.29 is 23.8 Å². The van der Waals surface area contributed by atoms with Crippen LogP contribution in [0.5, 0.6) is 0 Å². The molecule has 2 heterocycles. The van der Waals surface area contributed by atoms with E-state index >= 15 is 0 Å². The number of hydrogen-bond acceptors (Lipinski definition) is 4. The molecule has 1 aliphatic heterocycles. The Balaban J connectivity index is 2.08. The van der Waals surface area contributed by atoms with Crippen molar-refractivity contribution >= 4 is 11.9 Å². The van der Waals surface area contributed by atoms with Crippen LogP contribution in [0, 0.1) is 0 Å². The highest BCUT2D eigenvalue weighted by Crippen LogP contribution is 2.23. The van der Waals surface area contributed by atoms with Crippen LogP contribution in [-0.4, -0.2) is 47.7 Å². The Morgan fingerprint density at radius 2 is 2.25 bits per heavy atom. The highest BCUT2D eigenvalue weighted by atomic mass is 16.5. The van der Waals surface area contributed by atoms with Crippen LogP contribution in [0.25, 0.3) is 0 Å². The zero-order valence-electron chi connectivity index (χ0n) is 11.7. The normalized spacial score (nSPS) is 19.4. The molecule has 1 fully saturated rings. The number of carbonyl (C=O) groups excluding carboxylic acids is 1. The topological polar surface area (TPSA) is 80.0 Å². The van der Waals surface area contributed by atoms with E-state index < -0.39 is 12.1 Å². The molecule has 1 atom stereocenters. The lowest BCUT2D eigenvalue weighted by molar-refractivity contribution is -0.141. The molecule has 1 saturated heterocycles. The van der Waals surface area contributed by atoms with Crippen LogP contribution in [0.2, 0.25) is 0 Å². The summed E-state index contributed by atoms with van der Waals surface area (Å²) in [4.78, 5) is 24.8. The Labute approximate surface area is 117 Å². The maximum Gasteiger partial charge on any atom is 0.306 e. The Morgan fingerprint density at radius 3 is 2.90 bits per heavy atom. The summed E-state index contributed by atoms with van der Waals surface area (Å²) in [5.74, 6) is -0.257. The van der Waals surface area contributed by atoms with Crippen molar-refractivity contribution in [3.05, 3.63) is 23.7 Å². The maximum absolute atomic E-state index is 12.5. The van der Waals surface area contributed by atoms with Crippen LogP contribution in [0.3, 0.4) is 0 Å². The third-order valence-electron chi connectivity index (χ3n) is 3.28. The van der Waals surface area contributed by atoms with Crippen molar-refractivity contribution in [1.29, 1.82) is 0 Å². The van der Waals surface area contributed by atoms with Crippen LogP contribution >= 0.6 is 0 Å². The molecule has 1 N–H and O–H groups in total. The summed E-state index contributed by atoms with van der Waals surface area (Å²) in [7, 11) is 0. The average molecular weight is 281 g/mol. The van der Waals surface area contributed by atoms with Gasteiger partial charge in [-0.2, -0.15) is 0 Å². The van der Waals surface area contributed by atoms with Gasteiger partial charge in [0.1, 0.15) is 5.76 Å². The number of hydrogen-bond donors (Lipinski definition) is 1. The summed E-state index contributed by atoms with van der Waals surface area (Å²) < 4.78 is 10.7. The van der Waals surface area contributed by atoms with Gasteiger partial charge in [0, 0.05) is 19.0 Å². The minimum atomic E-state index is -0.921. The van der Waals surface area contributed by atoms with Crippen molar-refractivity contribution in [3.8, 4) is 0 Å². The van der Waals surface area contributed by atoms with E-state index in [2.05, 4.69) is 0 Å². The Hall–Kier alpha value is -1.82. The van der Waals surface area contributed by atoms with Gasteiger partial charge in [0.25, 0.3) is 5.91 Å². The smallest absolute Gasteiger partial charge is 0.306 e. The van der Waals surface area contributed by atoms with E-state index in [0.29, 0.717) is 31.0 Å². The van der Waals surface area contributed by atoms with Crippen molar-refractivity contribution in [2.75, 3.05) is 19.7 Å². The van der Waals surface area contributed by atoms with E-state index in [1.807, 2.05) is 13.8 Å². The Kier molecular flexibility index (Phi) is 4.44. The standard InChI is InChI=1S/C14H19NO5/c1-9(2)13-11(3-5-20-13)14(18)15-4-6-19-10(8-15)7-12(16)17/h3,5,9-10H,4,6-8H2,1-2H3,(H,16,17). The van der Waals surface area contributed by atoms with Crippen molar-refractivity contribution in [2.45, 2.75) is 32.3 Å². The van der Waals surface area contributed by atoms with Gasteiger partial charge in [-0.15, -0.1) is 0 Å². The minimum Gasteiger partial charge on any atom is -0.481 e. The lowest BCUT2D eigenvalue weighted by Crippen LogP contribution is -2.46. The fourth-order valence-electron chi connectivity index (χ4n) is 2.34. The molecule has 0 bridgehead atoms. The average Bonchev–Trinajstić information content (AvgIpc) is 2.86. The van der Waals surface area contributed by atoms with Crippen molar-refractivity contribution in [3.63, 3.8) is 0 Å². The second-order valence-corrected chi connectivity index (χ2v) is 5.20. The summed E-state index contributed by atoms with van der Waals surface area (Å²) in [5, 5.41) is 8.79. The first-order chi connectivity index (χ1) is 9.49. The molecular weight excluding hydrogens is 262 g/mol. The number of furan rings is 1. The van der Waals surface area contributed by atoms with E-state index in [1.165, 1.54) is 6.26 Å². The van der Waals surface area contributed by atoms with Gasteiger partial charge in [0.05, 0.1) is 31.0 Å². The summed E-state index contributed by atoms with van der Waals surface area (Å²) in [6, 6.07) is 1.67. The van der Waals surface area contributed by atoms with Crippen molar-refractivity contribution in [2.24, 2.45) is 0 Å². The number of carboxylic acid groups (broad SMARTS) is 1. The van der Waals surface area contributed by atoms with Crippen LogP contribution in [-0.2, 0) is 9.53 Å². The van der Waals surface area contributed by atoms with Crippen molar-refractivity contribution in [1.82, 2.24) is 4.90 Å². The van der Waals surface area contributed by atoms with Gasteiger partial charge in [-0.3, -0.25) is 9.59 Å². The molecule has 0 saturated carbocycles. The fraction of sp³-hybridized carbons (Fsp3) is 0.571. The highest BCUT2D eigenvalue weighted by Gasteiger charge is 2.29. The third-order valence-corrected chi connectivity index (χ3v) is 3.28. The number of nitrogens with zero attached hydrogens (tertiary/aromatic N) is 1. The molecule has 0 spiro atoms. The summed E-state index contributed by atoms with van der Waals surface area (Å²) in [5.41, 5.74) is 0.552. The molecule has 1 aromatic heterocycles. The molecule has 1 unspecified atom stereocenters. The predicted molar refractivity (Wildman–Crippen MR) is 70.7 cm³/mol. The van der Waals surface area contributed by atoms with Gasteiger partial charge in [-0.25, -0.2) is 0 Å². The summed E-state index contributed by atoms with van der Waals surface area (Å²) >= 11 is 0. The number of morpholine rings is 1. The molecule has 6 nitrogen and oxygen atoms in total. The van der Waals surface area contributed by atoms with Gasteiger partial charge < -0.3 is 19.2 Å². The molecule has 1 aliphatic rings. The van der Waals surface area contributed by atoms with Crippen LogP contribution in [0.1, 0.15) is 42.3 Å². The number of aliphatic carboxylic acids is 1. The van der Waals surface area contributed by atoms with E-state index in [1.54, 1.807) is 11.0 Å². The fourth-order valence-corrected chi connectivity index (χ4v) is 2.34. The van der Waals surface area contributed by atoms with E-state index in [0.717, 1.165) is 0 Å². The SMILES string of the molecule is CC(C)c1occc1C(=O)N1CCOC(CC(=O)O)C1. The largest absolute Gasteiger partial charge is 0.481 e. The molecule has 6 heteroatoms. The molecule has 0 radical (unpaired) electrons. The second kappa shape index (κ2) is 6.09. The predicted octanol–water partition coefficient (Wildman–Crippen LogP) is 1.72. The molecule has 1 amide bonds. The zero-order valence-corrected chi connectivity index (χ0v) is 11.7. The number of amides is 1. The third kappa shape index (κ3) is 3.19. The van der Waals surface area contributed by atoms with Gasteiger partial charge in [-0.1, -0.05) is 13.8 Å². The quantitative estimate of drug-likeness (QED) is 0.909. The maximum atomic E-state index is 12.5. The second-order valence-electron chi connectivity index (χ2n) is 5.20. The van der Waals surface area contributed by atoms with Crippen LogP contribution < -0.4 is 0 Å². The minimum absolute atomic E-state index is 0.0911. The van der Waals surface area contributed by atoms with Gasteiger partial charge in [0.15, 0.2) is 0 Å². The molecule has 2 rings (SSSR count). The first-order valence-corrected chi connectivity index (χ1v) is 6.69. The lowest BCUT2D eigenvalue weighted by Gasteiger charge is -2.32. The number of ether oxygens (including phenoxy) is 1. The molecular formula is C14H19NO5. The van der Waals surface area contributed by atoms with E-state index in [9.17, 15) is 9.59 Å². The molecule has 0 aromatic carbocycles. The van der Waals surface area contributed by atoms with Gasteiger partial charge in [0.2, 0.25) is 0 Å². The van der Waals surface area contributed by atoms with E-state index in [-0.39, 0.29) is 18.2 Å². The molecule has 20 heavy (non-hydrogen) atoms. The Bertz CT molecular complexity index is 494. The monoisotopic (exact) mass is 281 g/mol. The highest BCUT2D eigenvalue weighted by molar-refractivity contribution is 5.95. The first-order valence-electron chi connectivity index (χ1n) is 6.69. The summed E-state index contributed by atoms with van der Waals surface area (Å²) in [6.07, 6.45) is 0.976.